The Morgan fingerprint density at radius 2 is 1.65 bits per heavy atom. The third-order valence-electron chi connectivity index (χ3n) is 2.38. The second kappa shape index (κ2) is 5.78. The molecule has 0 bridgehead atoms. The SMILES string of the molecule is CN(C)c1ccc([Te]c2cccc(Cl)c2)cc1. The van der Waals surface area contributed by atoms with Crippen LogP contribution >= 0.6 is 11.6 Å². The second-order valence-electron chi connectivity index (χ2n) is 3.95. The molecule has 88 valence electrons. The molecule has 1 nitrogen and oxygen atoms in total. The molecule has 0 amide bonds. The monoisotopic (exact) mass is 361 g/mol. The molecule has 0 atom stereocenters. The van der Waals surface area contributed by atoms with Crippen molar-refractivity contribution in [1.29, 1.82) is 0 Å². The third kappa shape index (κ3) is 3.64. The van der Waals surface area contributed by atoms with E-state index in [1.165, 1.54) is 12.9 Å². The molecule has 0 aliphatic rings. The van der Waals surface area contributed by atoms with Crippen LogP contribution in [0.15, 0.2) is 48.5 Å². The van der Waals surface area contributed by atoms with Crippen LogP contribution in [0.3, 0.4) is 0 Å². The van der Waals surface area contributed by atoms with Crippen LogP contribution < -0.4 is 12.1 Å². The molecule has 3 heteroatoms. The number of nitrogens with zero attached hydrogens (tertiary/aromatic N) is 1. The van der Waals surface area contributed by atoms with Crippen LogP contribution in [0.5, 0.6) is 0 Å². The minimum atomic E-state index is -0.314. The maximum atomic E-state index is 5.99. The van der Waals surface area contributed by atoms with Gasteiger partial charge >= 0.3 is 118 Å². The zero-order chi connectivity index (χ0) is 12.3. The molecule has 2 aromatic carbocycles. The Hall–Kier alpha value is -0.680. The molecule has 0 unspecified atom stereocenters. The minimum absolute atomic E-state index is 0.314. The van der Waals surface area contributed by atoms with Gasteiger partial charge in [0.1, 0.15) is 0 Å². The van der Waals surface area contributed by atoms with Crippen molar-refractivity contribution in [1.82, 2.24) is 0 Å². The molecule has 0 aliphatic heterocycles. The van der Waals surface area contributed by atoms with Crippen LogP contribution in [0, 0.1) is 0 Å². The van der Waals surface area contributed by atoms with E-state index in [0.717, 1.165) is 5.02 Å². The molecular weight excluding hydrogens is 345 g/mol. The van der Waals surface area contributed by atoms with E-state index in [9.17, 15) is 0 Å². The van der Waals surface area contributed by atoms with Crippen molar-refractivity contribution in [3.8, 4) is 0 Å². The molecule has 0 N–H and O–H groups in total. The number of anilines is 1. The van der Waals surface area contributed by atoms with E-state index < -0.39 is 0 Å². The first kappa shape index (κ1) is 12.8. The normalized spacial score (nSPS) is 10.3. The van der Waals surface area contributed by atoms with Gasteiger partial charge < -0.3 is 0 Å². The summed E-state index contributed by atoms with van der Waals surface area (Å²) in [5.74, 6) is 0. The molecule has 0 aromatic heterocycles. The molecule has 0 saturated carbocycles. The van der Waals surface area contributed by atoms with Crippen LogP contribution in [0.4, 0.5) is 5.69 Å². The predicted octanol–water partition coefficient (Wildman–Crippen LogP) is 2.06. The summed E-state index contributed by atoms with van der Waals surface area (Å²) in [4.78, 5) is 2.11. The molecule has 0 spiro atoms. The van der Waals surface area contributed by atoms with E-state index in [-0.39, 0.29) is 20.9 Å². The van der Waals surface area contributed by atoms with Crippen molar-refractivity contribution in [3.05, 3.63) is 53.6 Å². The quantitative estimate of drug-likeness (QED) is 0.759. The zero-order valence-corrected chi connectivity index (χ0v) is 12.9. The van der Waals surface area contributed by atoms with E-state index in [1.54, 1.807) is 0 Å². The second-order valence-corrected chi connectivity index (χ2v) is 7.66. The molecule has 0 saturated heterocycles. The van der Waals surface area contributed by atoms with Gasteiger partial charge in [0.05, 0.1) is 0 Å². The Kier molecular flexibility index (Phi) is 4.34. The van der Waals surface area contributed by atoms with E-state index in [1.807, 2.05) is 12.1 Å². The summed E-state index contributed by atoms with van der Waals surface area (Å²) in [6.45, 7) is 0. The topological polar surface area (TPSA) is 3.24 Å². The van der Waals surface area contributed by atoms with E-state index in [2.05, 4.69) is 55.4 Å². The summed E-state index contributed by atoms with van der Waals surface area (Å²) in [6.07, 6.45) is 0. The maximum absolute atomic E-state index is 5.99. The van der Waals surface area contributed by atoms with Crippen LogP contribution in [-0.4, -0.2) is 35.0 Å². The van der Waals surface area contributed by atoms with Crippen molar-refractivity contribution in [2.24, 2.45) is 0 Å². The summed E-state index contributed by atoms with van der Waals surface area (Å²) in [7, 11) is 4.12. The fraction of sp³-hybridized carbons (Fsp3) is 0.143. The summed E-state index contributed by atoms with van der Waals surface area (Å²) in [5, 5.41) is 0.831. The number of hydrogen-bond acceptors (Lipinski definition) is 1. The van der Waals surface area contributed by atoms with Gasteiger partial charge in [0, 0.05) is 0 Å². The Labute approximate surface area is 117 Å². The predicted molar refractivity (Wildman–Crippen MR) is 77.2 cm³/mol. The first-order valence-corrected chi connectivity index (χ1v) is 8.07. The number of hydrogen-bond donors (Lipinski definition) is 0. The van der Waals surface area contributed by atoms with E-state index >= 15 is 0 Å². The number of halogens is 1. The molecule has 0 radical (unpaired) electrons. The molecular formula is C14H14ClNTe. The molecule has 2 rings (SSSR count). The average molecular weight is 359 g/mol. The molecule has 0 fully saturated rings. The number of rotatable bonds is 3. The van der Waals surface area contributed by atoms with Crippen LogP contribution in [0.25, 0.3) is 0 Å². The van der Waals surface area contributed by atoms with Gasteiger partial charge in [0.25, 0.3) is 0 Å². The van der Waals surface area contributed by atoms with Gasteiger partial charge in [0.2, 0.25) is 0 Å². The summed E-state index contributed by atoms with van der Waals surface area (Å²) >= 11 is 5.68. The zero-order valence-electron chi connectivity index (χ0n) is 9.85. The van der Waals surface area contributed by atoms with Gasteiger partial charge in [-0.25, -0.2) is 0 Å². The third-order valence-corrected chi connectivity index (χ3v) is 5.47. The van der Waals surface area contributed by atoms with Crippen LogP contribution in [0.1, 0.15) is 0 Å². The summed E-state index contributed by atoms with van der Waals surface area (Å²) < 4.78 is 2.81. The Morgan fingerprint density at radius 3 is 2.24 bits per heavy atom. The Morgan fingerprint density at radius 1 is 0.941 bits per heavy atom. The van der Waals surface area contributed by atoms with Gasteiger partial charge in [-0.05, 0) is 0 Å². The molecule has 0 heterocycles. The van der Waals surface area contributed by atoms with Crippen molar-refractivity contribution in [2.75, 3.05) is 19.0 Å². The molecule has 0 aliphatic carbocycles. The fourth-order valence-corrected chi connectivity index (χ4v) is 4.37. The standard InChI is InChI=1S/C14H14ClNTe/c1-16(2)12-6-8-13(9-7-12)17-14-5-3-4-11(15)10-14/h3-10H,1-2H3. The average Bonchev–Trinajstić information content (AvgIpc) is 2.29. The molecule has 2 aromatic rings. The Balaban J connectivity index is 2.14. The summed E-state index contributed by atoms with van der Waals surface area (Å²) in [6, 6.07) is 17.0. The van der Waals surface area contributed by atoms with Crippen molar-refractivity contribution < 1.29 is 0 Å². The first-order valence-electron chi connectivity index (χ1n) is 5.36. The first-order chi connectivity index (χ1) is 8.15. The number of benzene rings is 2. The van der Waals surface area contributed by atoms with Crippen molar-refractivity contribution in [3.63, 3.8) is 0 Å². The van der Waals surface area contributed by atoms with Gasteiger partial charge in [-0.1, -0.05) is 0 Å². The van der Waals surface area contributed by atoms with E-state index in [4.69, 9.17) is 11.6 Å². The molecule has 17 heavy (non-hydrogen) atoms. The van der Waals surface area contributed by atoms with Gasteiger partial charge in [-0.3, -0.25) is 0 Å². The van der Waals surface area contributed by atoms with Crippen molar-refractivity contribution in [2.45, 2.75) is 0 Å². The van der Waals surface area contributed by atoms with E-state index in [0.29, 0.717) is 0 Å². The fourth-order valence-electron chi connectivity index (χ4n) is 1.48. The van der Waals surface area contributed by atoms with Gasteiger partial charge in [0.15, 0.2) is 0 Å². The van der Waals surface area contributed by atoms with Gasteiger partial charge in [-0.15, -0.1) is 0 Å². The van der Waals surface area contributed by atoms with Gasteiger partial charge in [-0.2, -0.15) is 0 Å². The Bertz CT molecular complexity index is 494. The summed E-state index contributed by atoms with van der Waals surface area (Å²) in [5.41, 5.74) is 1.24. The van der Waals surface area contributed by atoms with Crippen LogP contribution in [-0.2, 0) is 0 Å². The van der Waals surface area contributed by atoms with Crippen molar-refractivity contribution >= 4 is 45.4 Å². The van der Waals surface area contributed by atoms with Crippen LogP contribution in [0.2, 0.25) is 5.02 Å².